The Morgan fingerprint density at radius 3 is 2.76 bits per heavy atom. The molecular formula is C22H31N5O2. The van der Waals surface area contributed by atoms with Crippen LogP contribution < -0.4 is 10.9 Å². The number of aryl methyl sites for hydroxylation is 1. The van der Waals surface area contributed by atoms with Crippen LogP contribution in [0.3, 0.4) is 0 Å². The summed E-state index contributed by atoms with van der Waals surface area (Å²) < 4.78 is 1.22. The number of benzene rings is 1. The minimum atomic E-state index is -0.275. The number of aromatic nitrogens is 3. The quantitative estimate of drug-likeness (QED) is 0.515. The summed E-state index contributed by atoms with van der Waals surface area (Å²) in [5.41, 5.74) is 2.24. The van der Waals surface area contributed by atoms with E-state index >= 15 is 0 Å². The van der Waals surface area contributed by atoms with Gasteiger partial charge in [-0.05, 0) is 51.5 Å². The number of rotatable bonds is 10. The van der Waals surface area contributed by atoms with Crippen LogP contribution in [0.1, 0.15) is 38.7 Å². The number of hydrogen-bond donors (Lipinski definition) is 2. The molecule has 3 aromatic rings. The van der Waals surface area contributed by atoms with Gasteiger partial charge in [0.2, 0.25) is 5.91 Å². The van der Waals surface area contributed by atoms with Crippen molar-refractivity contribution in [1.29, 1.82) is 0 Å². The lowest BCUT2D eigenvalue weighted by molar-refractivity contribution is -0.121. The molecule has 0 bridgehead atoms. The third-order valence-electron chi connectivity index (χ3n) is 5.31. The van der Waals surface area contributed by atoms with E-state index in [0.717, 1.165) is 47.9 Å². The standard InChI is InChI=1S/C22H31N5O2/c1-4-6-11-26(5-2)12-7-10-23-20(28)15-27-22(29)21-18(14-24-27)17-13-16(3)8-9-19(17)25-21/h8-9,13-14,25H,4-7,10-12,15H2,1-3H3,(H,23,28). The topological polar surface area (TPSA) is 83.0 Å². The summed E-state index contributed by atoms with van der Waals surface area (Å²) in [6, 6.07) is 5.99. The van der Waals surface area contributed by atoms with Crippen LogP contribution in [0.15, 0.2) is 29.2 Å². The second-order valence-corrected chi connectivity index (χ2v) is 7.56. The van der Waals surface area contributed by atoms with Crippen molar-refractivity contribution >= 4 is 27.7 Å². The van der Waals surface area contributed by atoms with Gasteiger partial charge in [-0.15, -0.1) is 0 Å². The Hall–Kier alpha value is -2.67. The van der Waals surface area contributed by atoms with Gasteiger partial charge in [0.15, 0.2) is 0 Å². The zero-order valence-corrected chi connectivity index (χ0v) is 17.6. The van der Waals surface area contributed by atoms with Crippen LogP contribution >= 0.6 is 0 Å². The molecule has 7 nitrogen and oxygen atoms in total. The fraction of sp³-hybridized carbons (Fsp3) is 0.500. The number of carbonyl (C=O) groups excluding carboxylic acids is 1. The van der Waals surface area contributed by atoms with Crippen LogP contribution in [0, 0.1) is 6.92 Å². The summed E-state index contributed by atoms with van der Waals surface area (Å²) in [6.45, 7) is 9.99. The van der Waals surface area contributed by atoms with Gasteiger partial charge in [0.25, 0.3) is 5.56 Å². The molecule has 0 unspecified atom stereocenters. The lowest BCUT2D eigenvalue weighted by Crippen LogP contribution is -2.35. The third kappa shape index (κ3) is 5.03. The van der Waals surface area contributed by atoms with Crippen LogP contribution in [0.25, 0.3) is 21.8 Å². The second-order valence-electron chi connectivity index (χ2n) is 7.56. The predicted molar refractivity (Wildman–Crippen MR) is 117 cm³/mol. The zero-order chi connectivity index (χ0) is 20.8. The van der Waals surface area contributed by atoms with Crippen LogP contribution in [0.5, 0.6) is 0 Å². The summed E-state index contributed by atoms with van der Waals surface area (Å²) >= 11 is 0. The molecule has 0 aliphatic heterocycles. The third-order valence-corrected chi connectivity index (χ3v) is 5.31. The molecule has 0 aliphatic rings. The van der Waals surface area contributed by atoms with Crippen molar-refractivity contribution in [3.63, 3.8) is 0 Å². The van der Waals surface area contributed by atoms with Crippen molar-refractivity contribution in [3.05, 3.63) is 40.3 Å². The molecule has 29 heavy (non-hydrogen) atoms. The van der Waals surface area contributed by atoms with E-state index in [-0.39, 0.29) is 18.0 Å². The molecule has 3 rings (SSSR count). The van der Waals surface area contributed by atoms with E-state index < -0.39 is 0 Å². The van der Waals surface area contributed by atoms with Gasteiger partial charge in [0.05, 0.1) is 6.20 Å². The van der Waals surface area contributed by atoms with Crippen molar-refractivity contribution < 1.29 is 4.79 Å². The molecule has 156 valence electrons. The maximum atomic E-state index is 12.8. The van der Waals surface area contributed by atoms with E-state index in [1.165, 1.54) is 17.5 Å². The number of aromatic amines is 1. The number of nitrogens with one attached hydrogen (secondary N) is 2. The van der Waals surface area contributed by atoms with Crippen molar-refractivity contribution in [2.45, 2.75) is 46.6 Å². The Kier molecular flexibility index (Phi) is 7.04. The average molecular weight is 398 g/mol. The molecular weight excluding hydrogens is 366 g/mol. The highest BCUT2D eigenvalue weighted by molar-refractivity contribution is 6.06. The minimum Gasteiger partial charge on any atom is -0.354 e. The molecule has 2 N–H and O–H groups in total. The molecule has 0 aliphatic carbocycles. The molecule has 0 spiro atoms. The molecule has 0 radical (unpaired) electrons. The molecule has 0 atom stereocenters. The second kappa shape index (κ2) is 9.69. The van der Waals surface area contributed by atoms with Crippen LogP contribution in [-0.2, 0) is 11.3 Å². The first kappa shape index (κ1) is 21.0. The average Bonchev–Trinajstić information content (AvgIpc) is 3.08. The van der Waals surface area contributed by atoms with Gasteiger partial charge in [-0.2, -0.15) is 5.10 Å². The Morgan fingerprint density at radius 1 is 1.21 bits per heavy atom. The van der Waals surface area contributed by atoms with Crippen LogP contribution in [-0.4, -0.2) is 51.8 Å². The SMILES string of the molecule is CCCCN(CC)CCCNC(=O)Cn1ncc2c([nH]c3ccc(C)cc32)c1=O. The Morgan fingerprint density at radius 2 is 2.00 bits per heavy atom. The Balaban J connectivity index is 1.60. The van der Waals surface area contributed by atoms with Crippen molar-refractivity contribution in [2.24, 2.45) is 0 Å². The van der Waals surface area contributed by atoms with E-state index in [1.807, 2.05) is 25.1 Å². The van der Waals surface area contributed by atoms with Gasteiger partial charge >= 0.3 is 0 Å². The number of fused-ring (bicyclic) bond motifs is 3. The highest BCUT2D eigenvalue weighted by Crippen LogP contribution is 2.23. The molecule has 0 saturated heterocycles. The predicted octanol–water partition coefficient (Wildman–Crippen LogP) is 2.81. The van der Waals surface area contributed by atoms with Crippen LogP contribution in [0.4, 0.5) is 0 Å². The fourth-order valence-corrected chi connectivity index (χ4v) is 3.58. The summed E-state index contributed by atoms with van der Waals surface area (Å²) in [6.07, 6.45) is 4.95. The normalized spacial score (nSPS) is 11.6. The van der Waals surface area contributed by atoms with Gasteiger partial charge in [-0.1, -0.05) is 31.9 Å². The summed E-state index contributed by atoms with van der Waals surface area (Å²) in [5.74, 6) is -0.192. The smallest absolute Gasteiger partial charge is 0.291 e. The summed E-state index contributed by atoms with van der Waals surface area (Å²) in [7, 11) is 0. The lowest BCUT2D eigenvalue weighted by atomic mass is 10.1. The van der Waals surface area contributed by atoms with E-state index in [4.69, 9.17) is 0 Å². The van der Waals surface area contributed by atoms with Gasteiger partial charge in [-0.25, -0.2) is 4.68 Å². The number of nitrogens with zero attached hydrogens (tertiary/aromatic N) is 3. The molecule has 1 aromatic carbocycles. The van der Waals surface area contributed by atoms with Crippen LogP contribution in [0.2, 0.25) is 0 Å². The van der Waals surface area contributed by atoms with Crippen molar-refractivity contribution in [2.75, 3.05) is 26.2 Å². The van der Waals surface area contributed by atoms with E-state index in [1.54, 1.807) is 6.20 Å². The fourth-order valence-electron chi connectivity index (χ4n) is 3.58. The Bertz CT molecular complexity index is 1040. The summed E-state index contributed by atoms with van der Waals surface area (Å²) in [4.78, 5) is 30.6. The van der Waals surface area contributed by atoms with E-state index in [0.29, 0.717) is 12.1 Å². The number of amides is 1. The highest BCUT2D eigenvalue weighted by atomic mass is 16.2. The van der Waals surface area contributed by atoms with Crippen molar-refractivity contribution in [3.8, 4) is 0 Å². The zero-order valence-electron chi connectivity index (χ0n) is 17.6. The molecule has 7 heteroatoms. The van der Waals surface area contributed by atoms with Gasteiger partial charge < -0.3 is 15.2 Å². The van der Waals surface area contributed by atoms with Gasteiger partial charge in [0.1, 0.15) is 12.1 Å². The number of hydrogen-bond acceptors (Lipinski definition) is 4. The largest absolute Gasteiger partial charge is 0.354 e. The minimum absolute atomic E-state index is 0.0729. The number of H-pyrrole nitrogens is 1. The van der Waals surface area contributed by atoms with E-state index in [2.05, 4.69) is 34.1 Å². The lowest BCUT2D eigenvalue weighted by Gasteiger charge is -2.19. The Labute approximate surface area is 171 Å². The first-order chi connectivity index (χ1) is 14.0. The molecule has 1 amide bonds. The number of carbonyl (C=O) groups is 1. The number of unbranched alkanes of at least 4 members (excludes halogenated alkanes) is 1. The van der Waals surface area contributed by atoms with Gasteiger partial charge in [-0.3, -0.25) is 9.59 Å². The molecule has 2 aromatic heterocycles. The van der Waals surface area contributed by atoms with Crippen molar-refractivity contribution in [1.82, 2.24) is 25.0 Å². The summed E-state index contributed by atoms with van der Waals surface area (Å²) in [5, 5.41) is 8.88. The maximum Gasteiger partial charge on any atom is 0.291 e. The first-order valence-corrected chi connectivity index (χ1v) is 10.5. The molecule has 0 fully saturated rings. The highest BCUT2D eigenvalue weighted by Gasteiger charge is 2.12. The molecule has 0 saturated carbocycles. The monoisotopic (exact) mass is 397 g/mol. The van der Waals surface area contributed by atoms with E-state index in [9.17, 15) is 9.59 Å². The molecule has 2 heterocycles. The first-order valence-electron chi connectivity index (χ1n) is 10.5. The maximum absolute atomic E-state index is 12.8. The van der Waals surface area contributed by atoms with Gasteiger partial charge in [0, 0.05) is 22.8 Å².